The van der Waals surface area contributed by atoms with Crippen LogP contribution in [-0.4, -0.2) is 42.1 Å². The monoisotopic (exact) mass is 271 g/mol. The molecule has 0 aromatic carbocycles. The van der Waals surface area contributed by atoms with Crippen LogP contribution in [0.4, 0.5) is 11.5 Å². The Morgan fingerprint density at radius 2 is 1.90 bits per heavy atom. The van der Waals surface area contributed by atoms with E-state index in [1.54, 1.807) is 12.3 Å². The molecule has 2 N–H and O–H groups in total. The molecule has 1 saturated carbocycles. The number of aromatic nitrogens is 1. The van der Waals surface area contributed by atoms with Gasteiger partial charge in [0.1, 0.15) is 6.07 Å². The van der Waals surface area contributed by atoms with E-state index in [0.717, 1.165) is 38.0 Å². The number of hydrogen-bond donors (Lipinski definition) is 1. The smallest absolute Gasteiger partial charge is 0.151 e. The molecule has 0 spiro atoms. The van der Waals surface area contributed by atoms with Crippen molar-refractivity contribution >= 4 is 11.5 Å². The molecule has 0 amide bonds. The van der Waals surface area contributed by atoms with E-state index in [1.807, 2.05) is 0 Å². The number of nitrogen functional groups attached to an aromatic ring is 1. The lowest BCUT2D eigenvalue weighted by molar-refractivity contribution is 0.187. The summed E-state index contributed by atoms with van der Waals surface area (Å²) in [6.07, 6.45) is 7.09. The van der Waals surface area contributed by atoms with Gasteiger partial charge in [0.15, 0.2) is 5.82 Å². The van der Waals surface area contributed by atoms with E-state index in [1.165, 1.54) is 25.7 Å². The van der Waals surface area contributed by atoms with Crippen LogP contribution in [0.1, 0.15) is 31.2 Å². The highest BCUT2D eigenvalue weighted by atomic mass is 15.3. The van der Waals surface area contributed by atoms with Gasteiger partial charge in [0.25, 0.3) is 0 Å². The molecule has 106 valence electrons. The van der Waals surface area contributed by atoms with Crippen LogP contribution in [-0.2, 0) is 0 Å². The molecule has 2 fully saturated rings. The first-order valence-electron chi connectivity index (χ1n) is 7.42. The fourth-order valence-electron chi connectivity index (χ4n) is 3.37. The lowest BCUT2D eigenvalue weighted by Crippen LogP contribution is -2.50. The fourth-order valence-corrected chi connectivity index (χ4v) is 3.37. The highest BCUT2D eigenvalue weighted by Gasteiger charge is 2.27. The van der Waals surface area contributed by atoms with E-state index in [4.69, 9.17) is 11.0 Å². The first-order chi connectivity index (χ1) is 9.78. The van der Waals surface area contributed by atoms with E-state index in [-0.39, 0.29) is 0 Å². The first-order valence-corrected chi connectivity index (χ1v) is 7.42. The molecule has 0 unspecified atom stereocenters. The summed E-state index contributed by atoms with van der Waals surface area (Å²) in [4.78, 5) is 9.21. The van der Waals surface area contributed by atoms with Crippen LogP contribution in [0.3, 0.4) is 0 Å². The Balaban J connectivity index is 1.64. The number of rotatable bonds is 2. The zero-order chi connectivity index (χ0) is 13.9. The summed E-state index contributed by atoms with van der Waals surface area (Å²) < 4.78 is 0. The normalized spacial score (nSPS) is 21.1. The number of nitrogens with zero attached hydrogens (tertiary/aromatic N) is 4. The minimum Gasteiger partial charge on any atom is -0.396 e. The lowest BCUT2D eigenvalue weighted by atomic mass is 10.1. The van der Waals surface area contributed by atoms with Crippen LogP contribution in [0.15, 0.2) is 12.3 Å². The summed E-state index contributed by atoms with van der Waals surface area (Å²) in [5.41, 5.74) is 7.15. The maximum absolute atomic E-state index is 8.85. The number of anilines is 2. The molecule has 3 rings (SSSR count). The van der Waals surface area contributed by atoms with E-state index in [0.29, 0.717) is 11.3 Å². The van der Waals surface area contributed by atoms with Crippen molar-refractivity contribution in [2.24, 2.45) is 0 Å². The maximum Gasteiger partial charge on any atom is 0.151 e. The minimum atomic E-state index is 0.524. The number of pyridine rings is 1. The number of nitrogens with two attached hydrogens (primary N) is 1. The first kappa shape index (κ1) is 13.2. The van der Waals surface area contributed by atoms with Crippen molar-refractivity contribution in [2.45, 2.75) is 31.7 Å². The summed E-state index contributed by atoms with van der Waals surface area (Å²) in [6, 6.07) is 4.58. The molecule has 2 heterocycles. The second-order valence-corrected chi connectivity index (χ2v) is 5.71. The van der Waals surface area contributed by atoms with Crippen LogP contribution in [0.25, 0.3) is 0 Å². The molecule has 1 aromatic rings. The largest absolute Gasteiger partial charge is 0.396 e. The average Bonchev–Trinajstić information content (AvgIpc) is 3.01. The second-order valence-electron chi connectivity index (χ2n) is 5.71. The molecule has 5 nitrogen and oxygen atoms in total. The number of piperazine rings is 1. The average molecular weight is 271 g/mol. The van der Waals surface area contributed by atoms with Crippen molar-refractivity contribution in [1.29, 1.82) is 5.26 Å². The molecule has 2 aliphatic rings. The van der Waals surface area contributed by atoms with Crippen molar-refractivity contribution in [3.05, 3.63) is 17.8 Å². The number of nitriles is 1. The zero-order valence-corrected chi connectivity index (χ0v) is 11.8. The van der Waals surface area contributed by atoms with E-state index >= 15 is 0 Å². The highest BCUT2D eigenvalue weighted by Crippen LogP contribution is 2.27. The Hall–Kier alpha value is -1.80. The predicted molar refractivity (Wildman–Crippen MR) is 79.4 cm³/mol. The molecule has 1 aliphatic heterocycles. The molecule has 0 bridgehead atoms. The molecule has 0 radical (unpaired) electrons. The van der Waals surface area contributed by atoms with Crippen molar-refractivity contribution in [3.8, 4) is 6.07 Å². The van der Waals surface area contributed by atoms with Crippen molar-refractivity contribution < 1.29 is 0 Å². The second kappa shape index (κ2) is 5.68. The molecule has 1 aliphatic carbocycles. The van der Waals surface area contributed by atoms with Gasteiger partial charge in [0, 0.05) is 38.4 Å². The highest BCUT2D eigenvalue weighted by molar-refractivity contribution is 5.64. The van der Waals surface area contributed by atoms with Gasteiger partial charge < -0.3 is 10.6 Å². The Labute approximate surface area is 120 Å². The summed E-state index contributed by atoms with van der Waals surface area (Å²) in [7, 11) is 0. The Morgan fingerprint density at radius 3 is 2.50 bits per heavy atom. The SMILES string of the molecule is N#Cc1cnc(N2CCN(C3CCCC3)CC2)c(N)c1. The molecule has 20 heavy (non-hydrogen) atoms. The summed E-state index contributed by atoms with van der Waals surface area (Å²) >= 11 is 0. The fraction of sp³-hybridized carbons (Fsp3) is 0.600. The summed E-state index contributed by atoms with van der Waals surface area (Å²) in [6.45, 7) is 4.12. The summed E-state index contributed by atoms with van der Waals surface area (Å²) in [5, 5.41) is 8.85. The molecule has 0 atom stereocenters. The maximum atomic E-state index is 8.85. The molecule has 1 saturated heterocycles. The van der Waals surface area contributed by atoms with Crippen LogP contribution >= 0.6 is 0 Å². The van der Waals surface area contributed by atoms with Gasteiger partial charge in [-0.05, 0) is 18.9 Å². The van der Waals surface area contributed by atoms with Gasteiger partial charge in [-0.2, -0.15) is 5.26 Å². The quantitative estimate of drug-likeness (QED) is 0.884. The third-order valence-electron chi connectivity index (χ3n) is 4.48. The van der Waals surface area contributed by atoms with Gasteiger partial charge in [-0.15, -0.1) is 0 Å². The van der Waals surface area contributed by atoms with E-state index in [9.17, 15) is 0 Å². The Kier molecular flexibility index (Phi) is 3.75. The van der Waals surface area contributed by atoms with Gasteiger partial charge in [0.05, 0.1) is 11.3 Å². The zero-order valence-electron chi connectivity index (χ0n) is 11.8. The van der Waals surface area contributed by atoms with Gasteiger partial charge in [-0.25, -0.2) is 4.98 Å². The van der Waals surface area contributed by atoms with E-state index < -0.39 is 0 Å². The van der Waals surface area contributed by atoms with Crippen molar-refractivity contribution in [2.75, 3.05) is 36.8 Å². The van der Waals surface area contributed by atoms with Crippen LogP contribution in [0, 0.1) is 11.3 Å². The lowest BCUT2D eigenvalue weighted by Gasteiger charge is -2.38. The third kappa shape index (κ3) is 2.56. The minimum absolute atomic E-state index is 0.524. The van der Waals surface area contributed by atoms with Crippen molar-refractivity contribution in [1.82, 2.24) is 9.88 Å². The van der Waals surface area contributed by atoms with Gasteiger partial charge in [-0.3, -0.25) is 4.90 Å². The van der Waals surface area contributed by atoms with Gasteiger partial charge in [0.2, 0.25) is 0 Å². The van der Waals surface area contributed by atoms with Crippen LogP contribution in [0.2, 0.25) is 0 Å². The molecular formula is C15H21N5. The predicted octanol–water partition coefficient (Wildman–Crippen LogP) is 1.60. The van der Waals surface area contributed by atoms with Gasteiger partial charge >= 0.3 is 0 Å². The van der Waals surface area contributed by atoms with E-state index in [2.05, 4.69) is 20.9 Å². The Morgan fingerprint density at radius 1 is 1.20 bits per heavy atom. The standard InChI is InChI=1S/C15H21N5/c16-10-12-9-14(17)15(18-11-12)20-7-5-19(6-8-20)13-3-1-2-4-13/h9,11,13H,1-8,17H2. The van der Waals surface area contributed by atoms with Crippen molar-refractivity contribution in [3.63, 3.8) is 0 Å². The van der Waals surface area contributed by atoms with Gasteiger partial charge in [-0.1, -0.05) is 12.8 Å². The molecule has 5 heteroatoms. The van der Waals surface area contributed by atoms with Crippen LogP contribution < -0.4 is 10.6 Å². The summed E-state index contributed by atoms with van der Waals surface area (Å²) in [5.74, 6) is 0.829. The van der Waals surface area contributed by atoms with Crippen LogP contribution in [0.5, 0.6) is 0 Å². The Bertz CT molecular complexity index is 507. The molecule has 1 aromatic heterocycles. The topological polar surface area (TPSA) is 69.2 Å². The molecular weight excluding hydrogens is 250 g/mol. The third-order valence-corrected chi connectivity index (χ3v) is 4.48. The number of hydrogen-bond acceptors (Lipinski definition) is 5.